The number of hydrogen-bond donors (Lipinski definition) is 1. The lowest BCUT2D eigenvalue weighted by atomic mass is 9.96. The van der Waals surface area contributed by atoms with Crippen LogP contribution in [0.15, 0.2) is 18.2 Å². The molecule has 0 aliphatic carbocycles. The van der Waals surface area contributed by atoms with Gasteiger partial charge in [0.25, 0.3) is 5.91 Å². The highest BCUT2D eigenvalue weighted by Crippen LogP contribution is 2.35. The summed E-state index contributed by atoms with van der Waals surface area (Å²) in [6, 6.07) is 3.46. The second-order valence-corrected chi connectivity index (χ2v) is 12.5. The number of rotatable bonds is 7. The highest BCUT2D eigenvalue weighted by molar-refractivity contribution is 7.14. The number of aryl methyl sites for hydroxylation is 1. The van der Waals surface area contributed by atoms with Gasteiger partial charge in [-0.15, -0.1) is 11.6 Å². The Hall–Kier alpha value is -2.60. The third kappa shape index (κ3) is 5.48. The number of ether oxygens (including phenoxy) is 1. The molecule has 12 heteroatoms. The average Bonchev–Trinajstić information content (AvgIpc) is 3.61. The van der Waals surface area contributed by atoms with E-state index >= 15 is 4.39 Å². The van der Waals surface area contributed by atoms with Crippen molar-refractivity contribution in [2.24, 2.45) is 5.92 Å². The lowest BCUT2D eigenvalue weighted by molar-refractivity contribution is -0.139. The number of nitrogens with one attached hydrogen (secondary N) is 1. The number of alkyl halides is 1. The summed E-state index contributed by atoms with van der Waals surface area (Å²) in [5, 5.41) is 2.72. The molecule has 40 heavy (non-hydrogen) atoms. The van der Waals surface area contributed by atoms with Crippen LogP contribution in [-0.4, -0.2) is 102 Å². The number of halogens is 2. The van der Waals surface area contributed by atoms with Gasteiger partial charge in [-0.3, -0.25) is 14.4 Å². The van der Waals surface area contributed by atoms with E-state index in [0.717, 1.165) is 37.5 Å². The van der Waals surface area contributed by atoms with Crippen LogP contribution in [0.4, 0.5) is 9.52 Å². The van der Waals surface area contributed by atoms with Crippen LogP contribution in [0, 0.1) is 18.0 Å². The SMILES string of the molecule is CCC(C)C(NC(=O)c1ccc(-c2nc(N3CCN(C)CC3)sc2F)c(C)c1)C(=O)N1CC(Cl)C2OCC(=O)C21. The number of likely N-dealkylation sites (tertiary alicyclic amines) is 1. The zero-order chi connectivity index (χ0) is 28.7. The number of carbonyl (C=O) groups excluding carboxylic acids is 3. The molecular formula is C28H35ClFN5O4S. The summed E-state index contributed by atoms with van der Waals surface area (Å²) in [5.41, 5.74) is 1.95. The van der Waals surface area contributed by atoms with E-state index in [0.29, 0.717) is 28.2 Å². The number of fused-ring (bicyclic) bond motifs is 1. The summed E-state index contributed by atoms with van der Waals surface area (Å²) in [4.78, 5) is 49.8. The molecule has 5 unspecified atom stereocenters. The molecule has 1 N–H and O–H groups in total. The molecule has 0 radical (unpaired) electrons. The summed E-state index contributed by atoms with van der Waals surface area (Å²) < 4.78 is 20.5. The third-order valence-electron chi connectivity index (χ3n) is 8.26. The van der Waals surface area contributed by atoms with Gasteiger partial charge < -0.3 is 24.8 Å². The van der Waals surface area contributed by atoms with E-state index in [-0.39, 0.29) is 41.6 Å². The van der Waals surface area contributed by atoms with Gasteiger partial charge in [-0.1, -0.05) is 37.7 Å². The summed E-state index contributed by atoms with van der Waals surface area (Å²) >= 11 is 7.43. The number of aromatic nitrogens is 1. The van der Waals surface area contributed by atoms with E-state index in [4.69, 9.17) is 16.3 Å². The van der Waals surface area contributed by atoms with Crippen molar-refractivity contribution < 1.29 is 23.5 Å². The number of likely N-dealkylation sites (N-methyl/N-ethyl adjacent to an activating group) is 1. The van der Waals surface area contributed by atoms with Crippen molar-refractivity contribution in [2.75, 3.05) is 51.3 Å². The Morgan fingerprint density at radius 1 is 1.27 bits per heavy atom. The molecule has 4 heterocycles. The predicted octanol–water partition coefficient (Wildman–Crippen LogP) is 2.94. The maximum absolute atomic E-state index is 15.0. The molecule has 9 nitrogen and oxygen atoms in total. The monoisotopic (exact) mass is 591 g/mol. The topological polar surface area (TPSA) is 95.1 Å². The van der Waals surface area contributed by atoms with Crippen molar-refractivity contribution in [2.45, 2.75) is 50.8 Å². The Bertz CT molecular complexity index is 1300. The van der Waals surface area contributed by atoms with Crippen LogP contribution in [0.3, 0.4) is 0 Å². The third-order valence-corrected chi connectivity index (χ3v) is 9.55. The van der Waals surface area contributed by atoms with Crippen LogP contribution in [0.1, 0.15) is 36.2 Å². The van der Waals surface area contributed by atoms with Gasteiger partial charge >= 0.3 is 0 Å². The molecule has 1 aromatic carbocycles. The van der Waals surface area contributed by atoms with Crippen LogP contribution in [0.2, 0.25) is 0 Å². The molecule has 216 valence electrons. The van der Waals surface area contributed by atoms with E-state index < -0.39 is 29.5 Å². The number of thiazole rings is 1. The number of nitrogens with zero attached hydrogens (tertiary/aromatic N) is 4. The Morgan fingerprint density at radius 2 is 2.00 bits per heavy atom. The van der Waals surface area contributed by atoms with Gasteiger partial charge in [-0.05, 0) is 37.6 Å². The first-order valence-corrected chi connectivity index (χ1v) is 14.9. The first-order chi connectivity index (χ1) is 19.1. The molecule has 1 aromatic heterocycles. The zero-order valence-corrected chi connectivity index (χ0v) is 24.7. The lowest BCUT2D eigenvalue weighted by Crippen LogP contribution is -2.54. The highest BCUT2D eigenvalue weighted by atomic mass is 35.5. The first kappa shape index (κ1) is 28.9. The highest BCUT2D eigenvalue weighted by Gasteiger charge is 2.53. The van der Waals surface area contributed by atoms with Crippen molar-refractivity contribution in [1.29, 1.82) is 0 Å². The number of amides is 2. The van der Waals surface area contributed by atoms with Crippen molar-refractivity contribution in [3.05, 3.63) is 34.5 Å². The van der Waals surface area contributed by atoms with Crippen molar-refractivity contribution >= 4 is 45.7 Å². The van der Waals surface area contributed by atoms with E-state index in [1.807, 2.05) is 20.8 Å². The Kier molecular flexibility index (Phi) is 8.47. The number of Topliss-reactive ketones (excluding diaryl/α,β-unsaturated/α-hetero) is 1. The maximum Gasteiger partial charge on any atom is 0.251 e. The molecule has 3 fully saturated rings. The zero-order valence-electron chi connectivity index (χ0n) is 23.2. The Morgan fingerprint density at radius 3 is 2.67 bits per heavy atom. The van der Waals surface area contributed by atoms with Crippen molar-refractivity contribution in [1.82, 2.24) is 20.1 Å². The molecule has 3 aliphatic rings. The van der Waals surface area contributed by atoms with Crippen LogP contribution < -0.4 is 10.2 Å². The van der Waals surface area contributed by atoms with Gasteiger partial charge in [0.05, 0.1) is 5.38 Å². The van der Waals surface area contributed by atoms with Crippen molar-refractivity contribution in [3.8, 4) is 11.3 Å². The first-order valence-electron chi connectivity index (χ1n) is 13.7. The van der Waals surface area contributed by atoms with E-state index in [9.17, 15) is 14.4 Å². The van der Waals surface area contributed by atoms with Gasteiger partial charge in [0.2, 0.25) is 11.0 Å². The standard InChI is InChI=1S/C28H35ClFN5O4S/c1-5-15(2)21(27(38)35-13-19(29)24-23(35)20(36)14-39-24)31-26(37)17-6-7-18(16(3)12-17)22-25(30)40-28(32-22)34-10-8-33(4)9-11-34/h6-7,12,15,19,21,23-24H,5,8-11,13-14H2,1-4H3,(H,31,37). The summed E-state index contributed by atoms with van der Waals surface area (Å²) in [6.45, 7) is 9.15. The second kappa shape index (κ2) is 11.7. The molecule has 0 spiro atoms. The minimum Gasteiger partial charge on any atom is -0.366 e. The van der Waals surface area contributed by atoms with Crippen molar-refractivity contribution in [3.63, 3.8) is 0 Å². The molecule has 0 saturated carbocycles. The van der Waals surface area contributed by atoms with Crippen LogP contribution in [-0.2, 0) is 14.3 Å². The minimum absolute atomic E-state index is 0.0647. The maximum atomic E-state index is 15.0. The van der Waals surface area contributed by atoms with Gasteiger partial charge in [-0.2, -0.15) is 4.39 Å². The molecule has 2 aromatic rings. The average molecular weight is 592 g/mol. The summed E-state index contributed by atoms with van der Waals surface area (Å²) in [7, 11) is 2.07. The molecular weight excluding hydrogens is 557 g/mol. The largest absolute Gasteiger partial charge is 0.366 e. The summed E-state index contributed by atoms with van der Waals surface area (Å²) in [6.07, 6.45) is 0.119. The van der Waals surface area contributed by atoms with Crippen LogP contribution in [0.5, 0.6) is 0 Å². The number of benzene rings is 1. The van der Waals surface area contributed by atoms with Gasteiger partial charge in [0, 0.05) is 43.9 Å². The summed E-state index contributed by atoms with van der Waals surface area (Å²) in [5.74, 6) is -1.11. The fourth-order valence-electron chi connectivity index (χ4n) is 5.57. The molecule has 3 saturated heterocycles. The van der Waals surface area contributed by atoms with Gasteiger partial charge in [0.1, 0.15) is 30.5 Å². The fraction of sp³-hybridized carbons (Fsp3) is 0.571. The number of hydrogen-bond acceptors (Lipinski definition) is 8. The predicted molar refractivity (Wildman–Crippen MR) is 153 cm³/mol. The number of ketones is 1. The molecule has 0 bridgehead atoms. The van der Waals surface area contributed by atoms with Gasteiger partial charge in [0.15, 0.2) is 10.9 Å². The smallest absolute Gasteiger partial charge is 0.251 e. The quantitative estimate of drug-likeness (QED) is 0.495. The molecule has 5 rings (SSSR count). The lowest BCUT2D eigenvalue weighted by Gasteiger charge is -2.31. The minimum atomic E-state index is -0.837. The van der Waals surface area contributed by atoms with Gasteiger partial charge in [-0.25, -0.2) is 4.98 Å². The molecule has 3 aliphatic heterocycles. The van der Waals surface area contributed by atoms with E-state index in [1.54, 1.807) is 18.2 Å². The number of anilines is 1. The number of piperazine rings is 1. The Balaban J connectivity index is 1.33. The van der Waals surface area contributed by atoms with E-state index in [2.05, 4.69) is 27.1 Å². The normalized spacial score (nSPS) is 24.8. The van der Waals surface area contributed by atoms with Crippen LogP contribution in [0.25, 0.3) is 11.3 Å². The number of carbonyl (C=O) groups is 3. The molecule has 5 atom stereocenters. The van der Waals surface area contributed by atoms with Crippen LogP contribution >= 0.6 is 22.9 Å². The fourth-order valence-corrected chi connectivity index (χ4v) is 6.79. The second-order valence-electron chi connectivity index (χ2n) is 11.0. The van der Waals surface area contributed by atoms with E-state index in [1.165, 1.54) is 4.90 Å². The Labute approximate surface area is 242 Å². The molecule has 2 amide bonds.